The molecule has 0 unspecified atom stereocenters. The predicted molar refractivity (Wildman–Crippen MR) is 81.0 cm³/mol. The number of hydrogen-bond acceptors (Lipinski definition) is 2. The van der Waals surface area contributed by atoms with E-state index in [1.54, 1.807) is 0 Å². The summed E-state index contributed by atoms with van der Waals surface area (Å²) in [5, 5.41) is 3.53. The molecule has 2 heteroatoms. The van der Waals surface area contributed by atoms with Gasteiger partial charge in [0.25, 0.3) is 0 Å². The zero-order valence-corrected chi connectivity index (χ0v) is 13.1. The van der Waals surface area contributed by atoms with Gasteiger partial charge in [0.2, 0.25) is 0 Å². The van der Waals surface area contributed by atoms with Crippen LogP contribution < -0.4 is 5.32 Å². The van der Waals surface area contributed by atoms with Gasteiger partial charge in [-0.3, -0.25) is 0 Å². The van der Waals surface area contributed by atoms with Gasteiger partial charge < -0.3 is 10.2 Å². The maximum atomic E-state index is 3.53. The highest BCUT2D eigenvalue weighted by Crippen LogP contribution is 2.36. The molecule has 0 atom stereocenters. The normalized spacial score (nSPS) is 19.8. The van der Waals surface area contributed by atoms with Crippen molar-refractivity contribution < 1.29 is 0 Å². The maximum absolute atomic E-state index is 3.53. The van der Waals surface area contributed by atoms with Crippen LogP contribution in [0.5, 0.6) is 0 Å². The minimum absolute atomic E-state index is 0.649. The molecule has 108 valence electrons. The number of nitrogens with zero attached hydrogens (tertiary/aromatic N) is 1. The third kappa shape index (κ3) is 5.27. The number of rotatable bonds is 9. The van der Waals surface area contributed by atoms with E-state index >= 15 is 0 Å². The summed E-state index contributed by atoms with van der Waals surface area (Å²) in [5.41, 5.74) is 0.649. The third-order valence-corrected chi connectivity index (χ3v) is 4.65. The van der Waals surface area contributed by atoms with Crippen molar-refractivity contribution in [3.05, 3.63) is 0 Å². The van der Waals surface area contributed by atoms with Crippen LogP contribution in [0.4, 0.5) is 0 Å². The van der Waals surface area contributed by atoms with Crippen LogP contribution in [0.15, 0.2) is 0 Å². The van der Waals surface area contributed by atoms with E-state index in [9.17, 15) is 0 Å². The smallest absolute Gasteiger partial charge is 0.00382 e. The molecule has 2 nitrogen and oxygen atoms in total. The van der Waals surface area contributed by atoms with Crippen LogP contribution >= 0.6 is 0 Å². The van der Waals surface area contributed by atoms with Crippen molar-refractivity contribution in [2.45, 2.75) is 59.8 Å². The van der Waals surface area contributed by atoms with E-state index in [1.807, 2.05) is 0 Å². The van der Waals surface area contributed by atoms with Crippen molar-refractivity contribution in [1.29, 1.82) is 0 Å². The zero-order valence-electron chi connectivity index (χ0n) is 13.1. The van der Waals surface area contributed by atoms with Gasteiger partial charge in [-0.2, -0.15) is 0 Å². The van der Waals surface area contributed by atoms with Gasteiger partial charge in [0.05, 0.1) is 0 Å². The average Bonchev–Trinajstić information content (AvgIpc) is 2.77. The standard InChI is InChI=1S/C16H34N2/c1-5-16(6-2)9-12-18(14-16)11-8-7-10-17-13-15(3)4/h15,17H,5-14H2,1-4H3. The molecule has 1 N–H and O–H groups in total. The summed E-state index contributed by atoms with van der Waals surface area (Å²) in [7, 11) is 0. The molecule has 0 saturated carbocycles. The number of likely N-dealkylation sites (tertiary alicyclic amines) is 1. The molecule has 0 aromatic heterocycles. The fraction of sp³-hybridized carbons (Fsp3) is 1.00. The summed E-state index contributed by atoms with van der Waals surface area (Å²) in [6, 6.07) is 0. The molecule has 0 spiro atoms. The number of hydrogen-bond donors (Lipinski definition) is 1. The van der Waals surface area contributed by atoms with E-state index < -0.39 is 0 Å². The van der Waals surface area contributed by atoms with Crippen LogP contribution in [0, 0.1) is 11.3 Å². The average molecular weight is 254 g/mol. The van der Waals surface area contributed by atoms with E-state index in [-0.39, 0.29) is 0 Å². The zero-order chi connectivity index (χ0) is 13.4. The highest BCUT2D eigenvalue weighted by molar-refractivity contribution is 4.87. The van der Waals surface area contributed by atoms with Crippen molar-refractivity contribution >= 4 is 0 Å². The van der Waals surface area contributed by atoms with Gasteiger partial charge in [0.1, 0.15) is 0 Å². The second-order valence-corrected chi connectivity index (χ2v) is 6.54. The molecule has 1 fully saturated rings. The minimum atomic E-state index is 0.649. The molecule has 1 aliphatic rings. The lowest BCUT2D eigenvalue weighted by Gasteiger charge is -2.26. The van der Waals surface area contributed by atoms with Crippen molar-refractivity contribution in [2.75, 3.05) is 32.7 Å². The predicted octanol–water partition coefficient (Wildman–Crippen LogP) is 3.52. The SMILES string of the molecule is CCC1(CC)CCN(CCCCNCC(C)C)C1. The summed E-state index contributed by atoms with van der Waals surface area (Å²) in [6.07, 6.45) is 6.82. The second-order valence-electron chi connectivity index (χ2n) is 6.54. The number of unbranched alkanes of at least 4 members (excludes halogenated alkanes) is 1. The molecule has 0 radical (unpaired) electrons. The Morgan fingerprint density at radius 3 is 2.44 bits per heavy atom. The van der Waals surface area contributed by atoms with E-state index in [2.05, 4.69) is 37.9 Å². The molecular formula is C16H34N2. The Morgan fingerprint density at radius 1 is 1.17 bits per heavy atom. The molecule has 1 aliphatic heterocycles. The summed E-state index contributed by atoms with van der Waals surface area (Å²) < 4.78 is 0. The number of nitrogens with one attached hydrogen (secondary N) is 1. The van der Waals surface area contributed by atoms with Crippen molar-refractivity contribution in [2.24, 2.45) is 11.3 Å². The Labute approximate surface area is 115 Å². The Bertz CT molecular complexity index is 209. The lowest BCUT2D eigenvalue weighted by molar-refractivity contribution is 0.238. The van der Waals surface area contributed by atoms with E-state index in [0.29, 0.717) is 5.41 Å². The highest BCUT2D eigenvalue weighted by atomic mass is 15.2. The summed E-state index contributed by atoms with van der Waals surface area (Å²) >= 11 is 0. The van der Waals surface area contributed by atoms with Gasteiger partial charge in [-0.15, -0.1) is 0 Å². The maximum Gasteiger partial charge on any atom is 0.00382 e. The molecule has 0 aromatic carbocycles. The van der Waals surface area contributed by atoms with Gasteiger partial charge in [-0.25, -0.2) is 0 Å². The van der Waals surface area contributed by atoms with Crippen LogP contribution in [-0.2, 0) is 0 Å². The van der Waals surface area contributed by atoms with Gasteiger partial charge in [-0.05, 0) is 69.6 Å². The molecule has 1 rings (SSSR count). The van der Waals surface area contributed by atoms with Gasteiger partial charge in [-0.1, -0.05) is 27.7 Å². The monoisotopic (exact) mass is 254 g/mol. The van der Waals surface area contributed by atoms with Crippen LogP contribution in [0.25, 0.3) is 0 Å². The molecule has 0 bridgehead atoms. The lowest BCUT2D eigenvalue weighted by atomic mass is 9.82. The highest BCUT2D eigenvalue weighted by Gasteiger charge is 2.34. The first kappa shape index (κ1) is 16.0. The van der Waals surface area contributed by atoms with Gasteiger partial charge in [0.15, 0.2) is 0 Å². The molecule has 18 heavy (non-hydrogen) atoms. The second kappa shape index (κ2) is 8.16. The van der Waals surface area contributed by atoms with Crippen molar-refractivity contribution in [3.8, 4) is 0 Å². The topological polar surface area (TPSA) is 15.3 Å². The largest absolute Gasteiger partial charge is 0.316 e. The molecule has 0 amide bonds. The van der Waals surface area contributed by atoms with Crippen molar-refractivity contribution in [3.63, 3.8) is 0 Å². The van der Waals surface area contributed by atoms with Gasteiger partial charge in [0, 0.05) is 6.54 Å². The van der Waals surface area contributed by atoms with E-state index in [1.165, 1.54) is 64.8 Å². The Morgan fingerprint density at radius 2 is 1.89 bits per heavy atom. The Hall–Kier alpha value is -0.0800. The summed E-state index contributed by atoms with van der Waals surface area (Å²) in [6.45, 7) is 15.6. The third-order valence-electron chi connectivity index (χ3n) is 4.65. The Balaban J connectivity index is 2.04. The van der Waals surface area contributed by atoms with Crippen LogP contribution in [0.1, 0.15) is 59.8 Å². The Kier molecular flexibility index (Phi) is 7.25. The molecule has 0 aromatic rings. The van der Waals surface area contributed by atoms with Crippen LogP contribution in [0.3, 0.4) is 0 Å². The fourth-order valence-electron chi connectivity index (χ4n) is 3.02. The first-order chi connectivity index (χ1) is 8.62. The first-order valence-corrected chi connectivity index (χ1v) is 8.05. The fourth-order valence-corrected chi connectivity index (χ4v) is 3.02. The minimum Gasteiger partial charge on any atom is -0.316 e. The van der Waals surface area contributed by atoms with Gasteiger partial charge >= 0.3 is 0 Å². The molecule has 0 aliphatic carbocycles. The molecular weight excluding hydrogens is 220 g/mol. The van der Waals surface area contributed by atoms with E-state index in [4.69, 9.17) is 0 Å². The van der Waals surface area contributed by atoms with Crippen molar-refractivity contribution in [1.82, 2.24) is 10.2 Å². The molecule has 1 saturated heterocycles. The lowest BCUT2D eigenvalue weighted by Crippen LogP contribution is -2.28. The molecule has 1 heterocycles. The van der Waals surface area contributed by atoms with Crippen LogP contribution in [0.2, 0.25) is 0 Å². The first-order valence-electron chi connectivity index (χ1n) is 8.05. The summed E-state index contributed by atoms with van der Waals surface area (Å²) in [5.74, 6) is 0.776. The quantitative estimate of drug-likeness (QED) is 0.633. The summed E-state index contributed by atoms with van der Waals surface area (Å²) in [4.78, 5) is 2.69. The van der Waals surface area contributed by atoms with Crippen LogP contribution in [-0.4, -0.2) is 37.6 Å². The van der Waals surface area contributed by atoms with E-state index in [0.717, 1.165) is 5.92 Å².